The molecule has 0 fully saturated rings. The summed E-state index contributed by atoms with van der Waals surface area (Å²) < 4.78 is 4.46. The van der Waals surface area contributed by atoms with Crippen LogP contribution in [0.2, 0.25) is 0 Å². The van der Waals surface area contributed by atoms with E-state index in [1.165, 1.54) is 20.2 Å². The second-order valence-corrected chi connectivity index (χ2v) is 7.25. The molecule has 1 aromatic heterocycles. The molecule has 1 unspecified atom stereocenters. The van der Waals surface area contributed by atoms with Crippen LogP contribution in [0.3, 0.4) is 0 Å². The molecule has 114 valence electrons. The second kappa shape index (κ2) is 7.93. The van der Waals surface area contributed by atoms with Gasteiger partial charge in [0.15, 0.2) is 0 Å². The minimum absolute atomic E-state index is 0.420. The fourth-order valence-corrected chi connectivity index (χ4v) is 4.41. The van der Waals surface area contributed by atoms with Crippen LogP contribution < -0.4 is 0 Å². The summed E-state index contributed by atoms with van der Waals surface area (Å²) in [5, 5.41) is 5.62. The van der Waals surface area contributed by atoms with E-state index in [9.17, 15) is 0 Å². The maximum atomic E-state index is 4.69. The van der Waals surface area contributed by atoms with Crippen molar-refractivity contribution in [3.63, 3.8) is 0 Å². The molecule has 2 rings (SSSR count). The molecule has 2 nitrogen and oxygen atoms in total. The summed E-state index contributed by atoms with van der Waals surface area (Å²) in [6.45, 7) is 5.19. The first kappa shape index (κ1) is 17.2. The third-order valence-electron chi connectivity index (χ3n) is 3.67. The molecule has 0 aliphatic carbocycles. The normalized spacial score (nSPS) is 12.6. The van der Waals surface area contributed by atoms with Gasteiger partial charge in [-0.05, 0) is 47.3 Å². The first-order chi connectivity index (χ1) is 10.1. The van der Waals surface area contributed by atoms with E-state index in [4.69, 9.17) is 5.10 Å². The molecule has 0 saturated heterocycles. The molecule has 1 aromatic carbocycles. The van der Waals surface area contributed by atoms with Gasteiger partial charge in [-0.1, -0.05) is 57.0 Å². The van der Waals surface area contributed by atoms with Gasteiger partial charge in [0.2, 0.25) is 0 Å². The molecule has 0 aliphatic heterocycles. The Labute approximate surface area is 151 Å². The maximum Gasteiger partial charge on any atom is 0.0766 e. The number of hydrogen-bond donors (Lipinski definition) is 0. The number of nitrogens with zero attached hydrogens (tertiary/aromatic N) is 2. The number of benzene rings is 1. The first-order valence-electron chi connectivity index (χ1n) is 7.16. The topological polar surface area (TPSA) is 17.8 Å². The highest BCUT2D eigenvalue weighted by atomic mass is 79.9. The van der Waals surface area contributed by atoms with Crippen molar-refractivity contribution in [2.75, 3.05) is 5.33 Å². The van der Waals surface area contributed by atoms with Crippen LogP contribution in [0.1, 0.15) is 36.7 Å². The van der Waals surface area contributed by atoms with Crippen molar-refractivity contribution in [1.29, 1.82) is 0 Å². The summed E-state index contributed by atoms with van der Waals surface area (Å²) in [5.41, 5.74) is 3.77. The lowest BCUT2D eigenvalue weighted by Gasteiger charge is -2.17. The van der Waals surface area contributed by atoms with Crippen molar-refractivity contribution in [3.05, 3.63) is 50.2 Å². The summed E-state index contributed by atoms with van der Waals surface area (Å²) in [6.07, 6.45) is 1.92. The molecule has 1 atom stereocenters. The predicted molar refractivity (Wildman–Crippen MR) is 99.4 cm³/mol. The van der Waals surface area contributed by atoms with Gasteiger partial charge in [0, 0.05) is 22.3 Å². The molecular weight excluding hydrogens is 460 g/mol. The molecule has 0 radical (unpaired) electrons. The zero-order valence-corrected chi connectivity index (χ0v) is 17.0. The van der Waals surface area contributed by atoms with E-state index in [1.807, 2.05) is 0 Å². The van der Waals surface area contributed by atoms with Crippen LogP contribution in [0.15, 0.2) is 33.2 Å². The number of rotatable bonds is 6. The van der Waals surface area contributed by atoms with Gasteiger partial charge in [-0.25, -0.2) is 0 Å². The van der Waals surface area contributed by atoms with Gasteiger partial charge in [0.25, 0.3) is 0 Å². The number of aryl methyl sites for hydroxylation is 2. The zero-order chi connectivity index (χ0) is 15.4. The van der Waals surface area contributed by atoms with Gasteiger partial charge in [0.05, 0.1) is 15.9 Å². The minimum Gasteiger partial charge on any atom is -0.268 e. The summed E-state index contributed by atoms with van der Waals surface area (Å²) in [4.78, 5) is 0. The molecule has 2 aromatic rings. The Morgan fingerprint density at radius 3 is 2.48 bits per heavy atom. The van der Waals surface area contributed by atoms with Crippen LogP contribution in [0.4, 0.5) is 0 Å². The molecule has 5 heteroatoms. The van der Waals surface area contributed by atoms with Gasteiger partial charge in [-0.3, -0.25) is 4.68 Å². The van der Waals surface area contributed by atoms with Gasteiger partial charge in [0.1, 0.15) is 0 Å². The quantitative estimate of drug-likeness (QED) is 0.486. The Morgan fingerprint density at radius 2 is 1.90 bits per heavy atom. The lowest BCUT2D eigenvalue weighted by molar-refractivity contribution is 0.593. The molecule has 0 aliphatic rings. The lowest BCUT2D eigenvalue weighted by atomic mass is 9.96. The minimum atomic E-state index is 0.420. The standard InChI is InChI=1S/C16H19Br3N2/c1-3-14-16(19)15(21(4-2)20-14)9-11(10-17)12-7-5-6-8-13(12)18/h5-8,11H,3-4,9-10H2,1-2H3. The fourth-order valence-electron chi connectivity index (χ4n) is 2.50. The monoisotopic (exact) mass is 476 g/mol. The third kappa shape index (κ3) is 3.80. The third-order valence-corrected chi connectivity index (χ3v) is 6.08. The van der Waals surface area contributed by atoms with Crippen molar-refractivity contribution >= 4 is 47.8 Å². The predicted octanol–water partition coefficient (Wildman–Crippen LogP) is 5.71. The Balaban J connectivity index is 2.35. The van der Waals surface area contributed by atoms with Gasteiger partial charge < -0.3 is 0 Å². The molecule has 0 N–H and O–H groups in total. The molecule has 0 saturated carbocycles. The van der Waals surface area contributed by atoms with Gasteiger partial charge in [-0.2, -0.15) is 5.10 Å². The van der Waals surface area contributed by atoms with Crippen LogP contribution in [0, 0.1) is 0 Å². The molecule has 0 spiro atoms. The van der Waals surface area contributed by atoms with E-state index < -0.39 is 0 Å². The average molecular weight is 479 g/mol. The molecule has 1 heterocycles. The lowest BCUT2D eigenvalue weighted by Crippen LogP contribution is -2.11. The van der Waals surface area contributed by atoms with E-state index in [2.05, 4.69) is 90.6 Å². The van der Waals surface area contributed by atoms with Gasteiger partial charge >= 0.3 is 0 Å². The summed E-state index contributed by atoms with van der Waals surface area (Å²) in [5.74, 6) is 0.420. The average Bonchev–Trinajstić information content (AvgIpc) is 2.81. The SMILES string of the molecule is CCc1nn(CC)c(CC(CBr)c2ccccc2Br)c1Br. The van der Waals surface area contributed by atoms with Crippen LogP contribution in [-0.2, 0) is 19.4 Å². The summed E-state index contributed by atoms with van der Waals surface area (Å²) in [6, 6.07) is 8.45. The summed E-state index contributed by atoms with van der Waals surface area (Å²) >= 11 is 11.1. The Bertz CT molecular complexity index is 608. The first-order valence-corrected chi connectivity index (χ1v) is 9.87. The molecule has 0 amide bonds. The number of hydrogen-bond acceptors (Lipinski definition) is 1. The maximum absolute atomic E-state index is 4.69. The largest absolute Gasteiger partial charge is 0.268 e. The van der Waals surface area contributed by atoms with E-state index in [1.54, 1.807) is 0 Å². The van der Waals surface area contributed by atoms with Crippen molar-refractivity contribution in [1.82, 2.24) is 9.78 Å². The van der Waals surface area contributed by atoms with Crippen LogP contribution in [-0.4, -0.2) is 15.1 Å². The van der Waals surface area contributed by atoms with E-state index in [-0.39, 0.29) is 0 Å². The van der Waals surface area contributed by atoms with Crippen molar-refractivity contribution in [3.8, 4) is 0 Å². The van der Waals surface area contributed by atoms with E-state index >= 15 is 0 Å². The number of alkyl halides is 1. The van der Waals surface area contributed by atoms with Crippen molar-refractivity contribution in [2.45, 2.75) is 39.2 Å². The van der Waals surface area contributed by atoms with Crippen LogP contribution in [0.25, 0.3) is 0 Å². The highest BCUT2D eigenvalue weighted by molar-refractivity contribution is 9.11. The van der Waals surface area contributed by atoms with Crippen LogP contribution in [0.5, 0.6) is 0 Å². The Morgan fingerprint density at radius 1 is 1.19 bits per heavy atom. The van der Waals surface area contributed by atoms with Crippen molar-refractivity contribution < 1.29 is 0 Å². The smallest absolute Gasteiger partial charge is 0.0766 e. The Kier molecular flexibility index (Phi) is 6.51. The number of halogens is 3. The van der Waals surface area contributed by atoms with Crippen LogP contribution >= 0.6 is 47.8 Å². The molecule has 21 heavy (non-hydrogen) atoms. The van der Waals surface area contributed by atoms with E-state index in [0.29, 0.717) is 5.92 Å². The molecular formula is C16H19Br3N2. The Hall–Kier alpha value is -0.130. The van der Waals surface area contributed by atoms with E-state index in [0.717, 1.165) is 30.4 Å². The highest BCUT2D eigenvalue weighted by Gasteiger charge is 2.20. The highest BCUT2D eigenvalue weighted by Crippen LogP contribution is 2.32. The fraction of sp³-hybridized carbons (Fsp3) is 0.438. The summed E-state index contributed by atoms with van der Waals surface area (Å²) in [7, 11) is 0. The van der Waals surface area contributed by atoms with Crippen molar-refractivity contribution in [2.24, 2.45) is 0 Å². The second-order valence-electron chi connectivity index (χ2n) is 4.95. The van der Waals surface area contributed by atoms with Gasteiger partial charge in [-0.15, -0.1) is 0 Å². The molecule has 0 bridgehead atoms. The number of aromatic nitrogens is 2. The zero-order valence-electron chi connectivity index (χ0n) is 12.2.